The van der Waals surface area contributed by atoms with Crippen molar-refractivity contribution in [2.24, 2.45) is 0 Å². The summed E-state index contributed by atoms with van der Waals surface area (Å²) >= 11 is 1.51. The van der Waals surface area contributed by atoms with E-state index in [1.165, 1.54) is 23.5 Å². The van der Waals surface area contributed by atoms with Gasteiger partial charge in [0.1, 0.15) is 5.82 Å². The molecule has 0 bridgehead atoms. The topological polar surface area (TPSA) is 33.2 Å². The number of amides is 1. The number of anilines is 1. The Balaban J connectivity index is 1.69. The van der Waals surface area contributed by atoms with Gasteiger partial charge >= 0.3 is 0 Å². The van der Waals surface area contributed by atoms with E-state index in [0.29, 0.717) is 11.7 Å². The standard InChI is InChI=1S/C23H19FN2OS/c1-16-6-5-9-20-22(16)25-23(28-20)26(15-18-7-3-2-4-8-18)21(27)14-17-10-12-19(24)13-11-17/h2-13H,14-15H2,1H3. The number of nitrogens with zero attached hydrogens (tertiary/aromatic N) is 2. The van der Waals surface area contributed by atoms with Crippen LogP contribution in [0.3, 0.4) is 0 Å². The Morgan fingerprint density at radius 3 is 2.43 bits per heavy atom. The molecule has 140 valence electrons. The quantitative estimate of drug-likeness (QED) is 0.450. The second-order valence-corrected chi connectivity index (χ2v) is 7.70. The molecular formula is C23H19FN2OS. The van der Waals surface area contributed by atoms with Gasteiger partial charge in [-0.15, -0.1) is 0 Å². The lowest BCUT2D eigenvalue weighted by Gasteiger charge is -2.20. The van der Waals surface area contributed by atoms with Crippen molar-refractivity contribution in [1.82, 2.24) is 4.98 Å². The molecule has 28 heavy (non-hydrogen) atoms. The van der Waals surface area contributed by atoms with E-state index >= 15 is 0 Å². The van der Waals surface area contributed by atoms with E-state index < -0.39 is 0 Å². The Morgan fingerprint density at radius 1 is 0.964 bits per heavy atom. The number of aromatic nitrogens is 1. The van der Waals surface area contributed by atoms with Gasteiger partial charge < -0.3 is 0 Å². The van der Waals surface area contributed by atoms with Crippen LogP contribution in [0.2, 0.25) is 0 Å². The van der Waals surface area contributed by atoms with Crippen LogP contribution in [-0.4, -0.2) is 10.9 Å². The molecule has 0 unspecified atom stereocenters. The van der Waals surface area contributed by atoms with E-state index in [-0.39, 0.29) is 18.1 Å². The van der Waals surface area contributed by atoms with E-state index in [4.69, 9.17) is 4.98 Å². The molecule has 0 aliphatic heterocycles. The number of aryl methyl sites for hydroxylation is 1. The maximum atomic E-state index is 13.2. The third-order valence-electron chi connectivity index (χ3n) is 4.59. The van der Waals surface area contributed by atoms with Crippen LogP contribution in [0.1, 0.15) is 16.7 Å². The molecule has 3 nitrogen and oxygen atoms in total. The Morgan fingerprint density at radius 2 is 1.71 bits per heavy atom. The summed E-state index contributed by atoms with van der Waals surface area (Å²) < 4.78 is 14.2. The highest BCUT2D eigenvalue weighted by Crippen LogP contribution is 2.31. The van der Waals surface area contributed by atoms with Crippen molar-refractivity contribution in [2.45, 2.75) is 19.9 Å². The SMILES string of the molecule is Cc1cccc2sc(N(Cc3ccccc3)C(=O)Cc3ccc(F)cc3)nc12. The Kier molecular flexibility index (Phi) is 5.17. The minimum atomic E-state index is -0.306. The third-order valence-corrected chi connectivity index (χ3v) is 5.64. The second-order valence-electron chi connectivity index (χ2n) is 6.69. The lowest BCUT2D eigenvalue weighted by molar-refractivity contribution is -0.118. The Labute approximate surface area is 167 Å². The van der Waals surface area contributed by atoms with Gasteiger partial charge in [0.15, 0.2) is 5.13 Å². The predicted octanol–water partition coefficient (Wildman–Crippen LogP) is 5.52. The lowest BCUT2D eigenvalue weighted by Crippen LogP contribution is -2.31. The van der Waals surface area contributed by atoms with E-state index in [1.807, 2.05) is 55.5 Å². The molecule has 0 aliphatic carbocycles. The molecule has 0 spiro atoms. The van der Waals surface area contributed by atoms with Crippen molar-refractivity contribution < 1.29 is 9.18 Å². The number of carbonyl (C=O) groups is 1. The summed E-state index contributed by atoms with van der Waals surface area (Å²) in [4.78, 5) is 19.6. The molecule has 4 rings (SSSR count). The number of benzene rings is 3. The fourth-order valence-corrected chi connectivity index (χ4v) is 4.15. The van der Waals surface area contributed by atoms with Crippen molar-refractivity contribution in [3.63, 3.8) is 0 Å². The molecule has 1 heterocycles. The van der Waals surface area contributed by atoms with Gasteiger partial charge in [0.05, 0.1) is 23.2 Å². The van der Waals surface area contributed by atoms with Gasteiger partial charge in [-0.3, -0.25) is 9.69 Å². The predicted molar refractivity (Wildman–Crippen MR) is 112 cm³/mol. The van der Waals surface area contributed by atoms with Crippen molar-refractivity contribution in [3.8, 4) is 0 Å². The first kappa shape index (κ1) is 18.3. The largest absolute Gasteiger partial charge is 0.283 e. The molecule has 0 N–H and O–H groups in total. The molecule has 1 aromatic heterocycles. The average molecular weight is 390 g/mol. The van der Waals surface area contributed by atoms with Crippen LogP contribution in [-0.2, 0) is 17.8 Å². The average Bonchev–Trinajstić information content (AvgIpc) is 3.14. The van der Waals surface area contributed by atoms with Crippen LogP contribution in [0.15, 0.2) is 72.8 Å². The summed E-state index contributed by atoms with van der Waals surface area (Å²) in [5, 5.41) is 0.681. The van der Waals surface area contributed by atoms with Crippen LogP contribution in [0.25, 0.3) is 10.2 Å². The third kappa shape index (κ3) is 3.94. The van der Waals surface area contributed by atoms with E-state index in [9.17, 15) is 9.18 Å². The van der Waals surface area contributed by atoms with Crippen LogP contribution < -0.4 is 4.90 Å². The van der Waals surface area contributed by atoms with Crippen LogP contribution >= 0.6 is 11.3 Å². The molecular weight excluding hydrogens is 371 g/mol. The molecule has 4 aromatic rings. The van der Waals surface area contributed by atoms with E-state index in [1.54, 1.807) is 17.0 Å². The molecule has 1 amide bonds. The van der Waals surface area contributed by atoms with Crippen LogP contribution in [0.4, 0.5) is 9.52 Å². The summed E-state index contributed by atoms with van der Waals surface area (Å²) in [6.07, 6.45) is 0.196. The fourth-order valence-electron chi connectivity index (χ4n) is 3.09. The number of thiazole rings is 1. The molecule has 0 atom stereocenters. The van der Waals surface area contributed by atoms with E-state index in [2.05, 4.69) is 0 Å². The maximum Gasteiger partial charge on any atom is 0.233 e. The molecule has 0 radical (unpaired) electrons. The molecule has 0 fully saturated rings. The van der Waals surface area contributed by atoms with Crippen LogP contribution in [0.5, 0.6) is 0 Å². The normalized spacial score (nSPS) is 10.9. The van der Waals surface area contributed by atoms with Gasteiger partial charge in [0.2, 0.25) is 5.91 Å². The lowest BCUT2D eigenvalue weighted by atomic mass is 10.1. The summed E-state index contributed by atoms with van der Waals surface area (Å²) in [5.74, 6) is -0.369. The van der Waals surface area contributed by atoms with Crippen LogP contribution in [0, 0.1) is 12.7 Å². The van der Waals surface area contributed by atoms with Gasteiger partial charge in [0, 0.05) is 0 Å². The van der Waals surface area contributed by atoms with Gasteiger partial charge in [-0.05, 0) is 41.8 Å². The number of rotatable bonds is 5. The number of hydrogen-bond acceptors (Lipinski definition) is 3. The van der Waals surface area contributed by atoms with Gasteiger partial charge in [-0.1, -0.05) is 65.9 Å². The molecule has 5 heteroatoms. The number of para-hydroxylation sites is 1. The van der Waals surface area contributed by atoms with Gasteiger partial charge in [-0.25, -0.2) is 9.37 Å². The molecule has 0 saturated carbocycles. The zero-order chi connectivity index (χ0) is 19.5. The van der Waals surface area contributed by atoms with Crippen molar-refractivity contribution in [2.75, 3.05) is 4.90 Å². The Bertz CT molecular complexity index is 1110. The summed E-state index contributed by atoms with van der Waals surface area (Å²) in [6, 6.07) is 22.0. The zero-order valence-electron chi connectivity index (χ0n) is 15.4. The molecule has 0 aliphatic rings. The smallest absolute Gasteiger partial charge is 0.233 e. The zero-order valence-corrected chi connectivity index (χ0v) is 16.2. The monoisotopic (exact) mass is 390 g/mol. The maximum absolute atomic E-state index is 13.2. The fraction of sp³-hybridized carbons (Fsp3) is 0.130. The molecule has 0 saturated heterocycles. The first-order chi connectivity index (χ1) is 13.6. The highest BCUT2D eigenvalue weighted by atomic mass is 32.1. The summed E-state index contributed by atoms with van der Waals surface area (Å²) in [5.41, 5.74) is 3.83. The number of carbonyl (C=O) groups excluding carboxylic acids is 1. The second kappa shape index (κ2) is 7.90. The first-order valence-electron chi connectivity index (χ1n) is 9.05. The number of fused-ring (bicyclic) bond motifs is 1. The van der Waals surface area contributed by atoms with E-state index in [0.717, 1.165) is 26.9 Å². The summed E-state index contributed by atoms with van der Waals surface area (Å²) in [6.45, 7) is 2.47. The molecule has 3 aromatic carbocycles. The highest BCUT2D eigenvalue weighted by molar-refractivity contribution is 7.22. The minimum absolute atomic E-state index is 0.0628. The number of halogens is 1. The minimum Gasteiger partial charge on any atom is -0.283 e. The van der Waals surface area contributed by atoms with Gasteiger partial charge in [0.25, 0.3) is 0 Å². The number of hydrogen-bond donors (Lipinski definition) is 0. The van der Waals surface area contributed by atoms with Crippen molar-refractivity contribution in [3.05, 3.63) is 95.3 Å². The van der Waals surface area contributed by atoms with Crippen molar-refractivity contribution in [1.29, 1.82) is 0 Å². The van der Waals surface area contributed by atoms with Gasteiger partial charge in [-0.2, -0.15) is 0 Å². The highest BCUT2D eigenvalue weighted by Gasteiger charge is 2.21. The van der Waals surface area contributed by atoms with Crippen molar-refractivity contribution >= 4 is 32.6 Å². The Hall–Kier alpha value is -3.05. The first-order valence-corrected chi connectivity index (χ1v) is 9.87. The summed E-state index contributed by atoms with van der Waals surface area (Å²) in [7, 11) is 0.